The van der Waals surface area contributed by atoms with Crippen molar-refractivity contribution in [3.63, 3.8) is 0 Å². The van der Waals surface area contributed by atoms with Gasteiger partial charge < -0.3 is 20.8 Å². The predicted octanol–water partition coefficient (Wildman–Crippen LogP) is -1.52. The summed E-state index contributed by atoms with van der Waals surface area (Å²) < 4.78 is 4.77. The van der Waals surface area contributed by atoms with Gasteiger partial charge in [0.2, 0.25) is 5.91 Å². The number of hydrazine groups is 1. The fourth-order valence-electron chi connectivity index (χ4n) is 0.721. The van der Waals surface area contributed by atoms with Crippen molar-refractivity contribution in [1.82, 2.24) is 16.1 Å². The zero-order chi connectivity index (χ0) is 10.8. The third kappa shape index (κ3) is 7.71. The first-order valence-electron chi connectivity index (χ1n) is 4.20. The van der Waals surface area contributed by atoms with E-state index in [-0.39, 0.29) is 5.91 Å². The van der Waals surface area contributed by atoms with Gasteiger partial charge in [0.25, 0.3) is 0 Å². The Labute approximate surface area is 88.5 Å². The lowest BCUT2D eigenvalue weighted by Crippen LogP contribution is -2.41. The van der Waals surface area contributed by atoms with Crippen molar-refractivity contribution in [2.45, 2.75) is 6.42 Å². The van der Waals surface area contributed by atoms with Crippen LogP contribution in [0.4, 0.5) is 0 Å². The molecule has 0 aromatic rings. The zero-order valence-electron chi connectivity index (χ0n) is 8.13. The summed E-state index contributed by atoms with van der Waals surface area (Å²) in [4.78, 5) is 11.1. The highest BCUT2D eigenvalue weighted by Crippen LogP contribution is 1.77. The number of methoxy groups -OCH3 is 1. The molecule has 0 radical (unpaired) electrons. The molecule has 0 atom stereocenters. The minimum atomic E-state index is -0.0469. The summed E-state index contributed by atoms with van der Waals surface area (Å²) in [5, 5.41) is 5.76. The van der Waals surface area contributed by atoms with Gasteiger partial charge >= 0.3 is 0 Å². The Kier molecular flexibility index (Phi) is 8.10. The number of ether oxygens (including phenoxy) is 1. The topological polar surface area (TPSA) is 88.4 Å². The van der Waals surface area contributed by atoms with E-state index in [1.165, 1.54) is 0 Å². The number of nitrogens with one attached hydrogen (secondary N) is 3. The second-order valence-corrected chi connectivity index (χ2v) is 2.90. The smallest absolute Gasteiger partial charge is 0.221 e. The van der Waals surface area contributed by atoms with Crippen molar-refractivity contribution in [1.29, 1.82) is 0 Å². The molecule has 0 aromatic heterocycles. The van der Waals surface area contributed by atoms with Gasteiger partial charge in [-0.1, -0.05) is 0 Å². The van der Waals surface area contributed by atoms with Crippen molar-refractivity contribution in [2.24, 2.45) is 5.84 Å². The van der Waals surface area contributed by atoms with Gasteiger partial charge in [0, 0.05) is 26.6 Å². The molecule has 1 amide bonds. The maximum atomic E-state index is 11.1. The third-order valence-electron chi connectivity index (χ3n) is 1.40. The van der Waals surface area contributed by atoms with E-state index >= 15 is 0 Å². The highest BCUT2D eigenvalue weighted by Gasteiger charge is 1.99. The lowest BCUT2D eigenvalue weighted by atomic mass is 10.4. The average molecular weight is 220 g/mol. The van der Waals surface area contributed by atoms with E-state index in [4.69, 9.17) is 22.8 Å². The maximum Gasteiger partial charge on any atom is 0.221 e. The first kappa shape index (κ1) is 13.1. The van der Waals surface area contributed by atoms with E-state index in [0.29, 0.717) is 31.2 Å². The van der Waals surface area contributed by atoms with Crippen LogP contribution in [-0.2, 0) is 9.53 Å². The number of carbonyl (C=O) groups excluding carboxylic acids is 1. The minimum absolute atomic E-state index is 0.0469. The van der Waals surface area contributed by atoms with E-state index in [0.717, 1.165) is 0 Å². The number of rotatable bonds is 6. The lowest BCUT2D eigenvalue weighted by molar-refractivity contribution is -0.121. The maximum absolute atomic E-state index is 11.1. The van der Waals surface area contributed by atoms with Gasteiger partial charge in [0.05, 0.1) is 6.61 Å². The SMILES string of the molecule is COCCNC(=O)CCNC(=S)NN. The summed E-state index contributed by atoms with van der Waals surface area (Å²) in [6.07, 6.45) is 0.353. The van der Waals surface area contributed by atoms with Crippen LogP contribution in [0.15, 0.2) is 0 Å². The number of amides is 1. The van der Waals surface area contributed by atoms with Gasteiger partial charge in [-0.25, -0.2) is 5.84 Å². The molecule has 0 aliphatic carbocycles. The van der Waals surface area contributed by atoms with Crippen LogP contribution in [0.5, 0.6) is 0 Å². The number of hydrogen-bond acceptors (Lipinski definition) is 4. The molecule has 0 unspecified atom stereocenters. The highest BCUT2D eigenvalue weighted by atomic mass is 32.1. The Morgan fingerprint density at radius 1 is 1.43 bits per heavy atom. The molecule has 0 aromatic carbocycles. The van der Waals surface area contributed by atoms with Crippen molar-refractivity contribution in [3.05, 3.63) is 0 Å². The summed E-state index contributed by atoms with van der Waals surface area (Å²) in [5.41, 5.74) is 2.26. The van der Waals surface area contributed by atoms with Gasteiger partial charge in [0.15, 0.2) is 5.11 Å². The summed E-state index contributed by atoms with van der Waals surface area (Å²) in [7, 11) is 1.58. The molecule has 5 N–H and O–H groups in total. The van der Waals surface area contributed by atoms with Gasteiger partial charge in [-0.05, 0) is 12.2 Å². The van der Waals surface area contributed by atoms with Crippen molar-refractivity contribution < 1.29 is 9.53 Å². The number of thiocarbonyl (C=S) groups is 1. The van der Waals surface area contributed by atoms with Crippen LogP contribution in [0, 0.1) is 0 Å². The first-order chi connectivity index (χ1) is 6.70. The second-order valence-electron chi connectivity index (χ2n) is 2.49. The number of carbonyl (C=O) groups is 1. The molecule has 0 fully saturated rings. The molecule has 0 rings (SSSR count). The summed E-state index contributed by atoms with van der Waals surface area (Å²) in [6, 6.07) is 0. The van der Waals surface area contributed by atoms with Crippen LogP contribution in [0.25, 0.3) is 0 Å². The predicted molar refractivity (Wildman–Crippen MR) is 57.4 cm³/mol. The normalized spacial score (nSPS) is 9.29. The van der Waals surface area contributed by atoms with Gasteiger partial charge in [-0.3, -0.25) is 4.79 Å². The molecule has 0 aliphatic rings. The molecule has 0 heterocycles. The molecule has 14 heavy (non-hydrogen) atoms. The van der Waals surface area contributed by atoms with Crippen molar-refractivity contribution in [3.8, 4) is 0 Å². The van der Waals surface area contributed by atoms with E-state index in [9.17, 15) is 4.79 Å². The molecule has 82 valence electrons. The summed E-state index contributed by atoms with van der Waals surface area (Å²) in [5.74, 6) is 4.97. The summed E-state index contributed by atoms with van der Waals surface area (Å²) >= 11 is 4.71. The van der Waals surface area contributed by atoms with Crippen LogP contribution in [-0.4, -0.2) is 37.8 Å². The third-order valence-corrected chi connectivity index (χ3v) is 1.66. The Morgan fingerprint density at radius 2 is 2.14 bits per heavy atom. The fraction of sp³-hybridized carbons (Fsp3) is 0.714. The van der Waals surface area contributed by atoms with Gasteiger partial charge in [-0.2, -0.15) is 0 Å². The molecule has 0 spiro atoms. The Morgan fingerprint density at radius 3 is 2.71 bits per heavy atom. The molecule has 0 saturated carbocycles. The number of nitrogens with two attached hydrogens (primary N) is 1. The van der Waals surface area contributed by atoms with Crippen LogP contribution in [0.2, 0.25) is 0 Å². The van der Waals surface area contributed by atoms with Crippen molar-refractivity contribution >= 4 is 23.2 Å². The molecule has 0 bridgehead atoms. The van der Waals surface area contributed by atoms with Gasteiger partial charge in [0.1, 0.15) is 0 Å². The second kappa shape index (κ2) is 8.67. The van der Waals surface area contributed by atoms with Crippen LogP contribution in [0.3, 0.4) is 0 Å². The van der Waals surface area contributed by atoms with Crippen LogP contribution >= 0.6 is 12.2 Å². The Bertz CT molecular complexity index is 189. The van der Waals surface area contributed by atoms with Crippen LogP contribution < -0.4 is 21.9 Å². The molecule has 0 aliphatic heterocycles. The lowest BCUT2D eigenvalue weighted by Gasteiger charge is -2.07. The molecular weight excluding hydrogens is 204 g/mol. The first-order valence-corrected chi connectivity index (χ1v) is 4.61. The van der Waals surface area contributed by atoms with E-state index in [1.54, 1.807) is 7.11 Å². The fourth-order valence-corrected chi connectivity index (χ4v) is 0.824. The monoisotopic (exact) mass is 220 g/mol. The standard InChI is InChI=1S/C7H16N4O2S/c1-13-5-4-9-6(12)2-3-10-7(14)11-8/h2-5,8H2,1H3,(H,9,12)(H2,10,11,14). The zero-order valence-corrected chi connectivity index (χ0v) is 8.95. The van der Waals surface area contributed by atoms with E-state index in [1.807, 2.05) is 0 Å². The largest absolute Gasteiger partial charge is 0.383 e. The summed E-state index contributed by atoms with van der Waals surface area (Å²) in [6.45, 7) is 1.50. The number of hydrogen-bond donors (Lipinski definition) is 4. The Hall–Kier alpha value is -0.920. The highest BCUT2D eigenvalue weighted by molar-refractivity contribution is 7.80. The Balaban J connectivity index is 3.31. The molecule has 0 saturated heterocycles. The minimum Gasteiger partial charge on any atom is -0.383 e. The van der Waals surface area contributed by atoms with E-state index in [2.05, 4.69) is 16.1 Å². The van der Waals surface area contributed by atoms with Crippen molar-refractivity contribution in [2.75, 3.05) is 26.8 Å². The van der Waals surface area contributed by atoms with Gasteiger partial charge in [-0.15, -0.1) is 0 Å². The van der Waals surface area contributed by atoms with Crippen LogP contribution in [0.1, 0.15) is 6.42 Å². The average Bonchev–Trinajstić information content (AvgIpc) is 2.18. The molecule has 6 nitrogen and oxygen atoms in total. The molecular formula is C7H16N4O2S. The quantitative estimate of drug-likeness (QED) is 0.188. The van der Waals surface area contributed by atoms with E-state index < -0.39 is 0 Å². The molecule has 7 heteroatoms.